The largest absolute Gasteiger partial charge is 0.481 e. The van der Waals surface area contributed by atoms with Crippen molar-refractivity contribution in [3.05, 3.63) is 29.8 Å². The molecule has 1 fully saturated rings. The minimum atomic E-state index is -0.993. The fourth-order valence-corrected chi connectivity index (χ4v) is 2.33. The van der Waals surface area contributed by atoms with Gasteiger partial charge < -0.3 is 21.1 Å². The van der Waals surface area contributed by atoms with Crippen molar-refractivity contribution in [2.45, 2.75) is 6.42 Å². The maximum Gasteiger partial charge on any atom is 0.325 e. The normalized spacial score (nSPS) is 13.9. The highest BCUT2D eigenvalue weighted by molar-refractivity contribution is 5.98. The van der Waals surface area contributed by atoms with Crippen LogP contribution in [0.25, 0.3) is 0 Å². The lowest BCUT2D eigenvalue weighted by atomic mass is 10.2. The molecule has 1 heterocycles. The Balaban J connectivity index is 1.91. The number of carboxylic acids is 1. The number of nitrogen functional groups attached to an aromatic ring is 1. The van der Waals surface area contributed by atoms with Crippen molar-refractivity contribution in [3.63, 3.8) is 0 Å². The van der Waals surface area contributed by atoms with E-state index < -0.39 is 11.9 Å². The second-order valence-electron chi connectivity index (χ2n) is 5.31. The Labute approximate surface area is 138 Å². The van der Waals surface area contributed by atoms with Crippen LogP contribution in [-0.4, -0.2) is 59.9 Å². The summed E-state index contributed by atoms with van der Waals surface area (Å²) < 4.78 is 0. The third-order valence-electron chi connectivity index (χ3n) is 3.58. The highest BCUT2D eigenvalue weighted by Gasteiger charge is 2.30. The molecule has 5 N–H and O–H groups in total. The highest BCUT2D eigenvalue weighted by atomic mass is 16.4. The molecule has 9 nitrogen and oxygen atoms in total. The molecule has 1 aliphatic rings. The molecule has 128 valence electrons. The van der Waals surface area contributed by atoms with Crippen LogP contribution < -0.4 is 16.0 Å². The molecule has 0 aromatic heterocycles. The van der Waals surface area contributed by atoms with Crippen LogP contribution in [0, 0.1) is 5.41 Å². The van der Waals surface area contributed by atoms with Crippen molar-refractivity contribution in [1.82, 2.24) is 10.2 Å². The molecule has 0 bridgehead atoms. The number of nitrogens with two attached hydrogens (primary N) is 1. The molecule has 24 heavy (non-hydrogen) atoms. The molecule has 1 aromatic carbocycles. The molecule has 9 heteroatoms. The zero-order chi connectivity index (χ0) is 17.7. The Morgan fingerprint density at radius 1 is 1.25 bits per heavy atom. The fourth-order valence-electron chi connectivity index (χ4n) is 2.33. The zero-order valence-corrected chi connectivity index (χ0v) is 13.0. The molecule has 0 saturated carbocycles. The van der Waals surface area contributed by atoms with E-state index >= 15 is 0 Å². The molecular weight excluding hydrogens is 314 g/mol. The van der Waals surface area contributed by atoms with Gasteiger partial charge in [0.25, 0.3) is 0 Å². The first-order valence-electron chi connectivity index (χ1n) is 7.38. The third-order valence-corrected chi connectivity index (χ3v) is 3.58. The van der Waals surface area contributed by atoms with Crippen molar-refractivity contribution >= 4 is 29.4 Å². The SMILES string of the molecule is N=C(N)c1ccc(N2CCN(CC(=O)NCCC(=O)O)C2=O)cc1. The van der Waals surface area contributed by atoms with Crippen molar-refractivity contribution < 1.29 is 19.5 Å². The Morgan fingerprint density at radius 3 is 2.50 bits per heavy atom. The smallest absolute Gasteiger partial charge is 0.325 e. The molecule has 0 unspecified atom stereocenters. The van der Waals surface area contributed by atoms with E-state index in [1.807, 2.05) is 0 Å². The number of amidine groups is 1. The number of nitrogens with one attached hydrogen (secondary N) is 2. The summed E-state index contributed by atoms with van der Waals surface area (Å²) in [7, 11) is 0. The minimum Gasteiger partial charge on any atom is -0.481 e. The number of aliphatic carboxylic acids is 1. The lowest BCUT2D eigenvalue weighted by Crippen LogP contribution is -2.40. The minimum absolute atomic E-state index is 0.0341. The molecular formula is C15H19N5O4. The number of benzene rings is 1. The average Bonchev–Trinajstić information content (AvgIpc) is 2.88. The van der Waals surface area contributed by atoms with E-state index in [4.69, 9.17) is 16.2 Å². The van der Waals surface area contributed by atoms with Gasteiger partial charge in [-0.15, -0.1) is 0 Å². The third kappa shape index (κ3) is 4.22. The molecule has 0 radical (unpaired) electrons. The summed E-state index contributed by atoms with van der Waals surface area (Å²) in [5, 5.41) is 18.3. The zero-order valence-electron chi connectivity index (χ0n) is 13.0. The Kier molecular flexibility index (Phi) is 5.35. The number of nitrogens with zero attached hydrogens (tertiary/aromatic N) is 2. The highest BCUT2D eigenvalue weighted by Crippen LogP contribution is 2.20. The van der Waals surface area contributed by atoms with E-state index in [1.165, 1.54) is 9.80 Å². The molecule has 2 rings (SSSR count). The number of anilines is 1. The summed E-state index contributed by atoms with van der Waals surface area (Å²) in [6, 6.07) is 6.42. The van der Waals surface area contributed by atoms with Gasteiger partial charge in [-0.3, -0.25) is 19.9 Å². The van der Waals surface area contributed by atoms with E-state index in [0.29, 0.717) is 24.3 Å². The Hall–Kier alpha value is -3.10. The van der Waals surface area contributed by atoms with Crippen LogP contribution in [0.3, 0.4) is 0 Å². The van der Waals surface area contributed by atoms with Crippen molar-refractivity contribution in [2.75, 3.05) is 31.1 Å². The van der Waals surface area contributed by atoms with Crippen LogP contribution in [0.5, 0.6) is 0 Å². The summed E-state index contributed by atoms with van der Waals surface area (Å²) in [5.74, 6) is -1.43. The maximum absolute atomic E-state index is 12.4. The predicted molar refractivity (Wildman–Crippen MR) is 87.0 cm³/mol. The van der Waals surface area contributed by atoms with E-state index in [1.54, 1.807) is 24.3 Å². The van der Waals surface area contributed by atoms with E-state index in [0.717, 1.165) is 0 Å². The number of hydrogen-bond acceptors (Lipinski definition) is 4. The number of rotatable bonds is 7. The predicted octanol–water partition coefficient (Wildman–Crippen LogP) is -0.196. The number of urea groups is 1. The van der Waals surface area contributed by atoms with Gasteiger partial charge in [0.05, 0.1) is 6.42 Å². The van der Waals surface area contributed by atoms with Crippen LogP contribution in [0.15, 0.2) is 24.3 Å². The lowest BCUT2D eigenvalue weighted by Gasteiger charge is -2.18. The number of carbonyl (C=O) groups excluding carboxylic acids is 2. The van der Waals surface area contributed by atoms with Gasteiger partial charge in [0.15, 0.2) is 0 Å². The van der Waals surface area contributed by atoms with Gasteiger partial charge in [-0.1, -0.05) is 0 Å². The quantitative estimate of drug-likeness (QED) is 0.404. The molecule has 1 aliphatic heterocycles. The molecule has 1 saturated heterocycles. The van der Waals surface area contributed by atoms with Gasteiger partial charge in [-0.2, -0.15) is 0 Å². The summed E-state index contributed by atoms with van der Waals surface area (Å²) >= 11 is 0. The van der Waals surface area contributed by atoms with Gasteiger partial charge in [-0.25, -0.2) is 4.79 Å². The van der Waals surface area contributed by atoms with E-state index in [2.05, 4.69) is 5.32 Å². The van der Waals surface area contributed by atoms with E-state index in [-0.39, 0.29) is 31.4 Å². The molecule has 1 aromatic rings. The second kappa shape index (κ2) is 7.44. The first-order valence-corrected chi connectivity index (χ1v) is 7.38. The fraction of sp³-hybridized carbons (Fsp3) is 0.333. The molecule has 0 atom stereocenters. The summed E-state index contributed by atoms with van der Waals surface area (Å²) in [6.45, 7) is 0.771. The van der Waals surface area contributed by atoms with Crippen LogP contribution in [-0.2, 0) is 9.59 Å². The monoisotopic (exact) mass is 333 g/mol. The van der Waals surface area contributed by atoms with Crippen molar-refractivity contribution in [1.29, 1.82) is 5.41 Å². The van der Waals surface area contributed by atoms with Crippen molar-refractivity contribution in [2.24, 2.45) is 5.73 Å². The first kappa shape index (κ1) is 17.3. The van der Waals surface area contributed by atoms with E-state index in [9.17, 15) is 14.4 Å². The molecule has 0 aliphatic carbocycles. The van der Waals surface area contributed by atoms with Gasteiger partial charge in [0.2, 0.25) is 5.91 Å². The second-order valence-corrected chi connectivity index (χ2v) is 5.31. The number of carbonyl (C=O) groups is 3. The van der Waals surface area contributed by atoms with Crippen LogP contribution in [0.1, 0.15) is 12.0 Å². The van der Waals surface area contributed by atoms with Gasteiger partial charge in [0.1, 0.15) is 12.4 Å². The number of hydrogen-bond donors (Lipinski definition) is 4. The summed E-state index contributed by atoms with van der Waals surface area (Å²) in [5.41, 5.74) is 6.63. The van der Waals surface area contributed by atoms with Gasteiger partial charge in [0, 0.05) is 30.9 Å². The Bertz CT molecular complexity index is 658. The average molecular weight is 333 g/mol. The van der Waals surface area contributed by atoms with Crippen molar-refractivity contribution in [3.8, 4) is 0 Å². The summed E-state index contributed by atoms with van der Waals surface area (Å²) in [4.78, 5) is 37.4. The molecule has 3 amide bonds. The molecule has 0 spiro atoms. The lowest BCUT2D eigenvalue weighted by molar-refractivity contribution is -0.136. The number of amides is 3. The summed E-state index contributed by atoms with van der Waals surface area (Å²) in [6.07, 6.45) is -0.158. The number of carboxylic acid groups (broad SMARTS) is 1. The van der Waals surface area contributed by atoms with Gasteiger partial charge in [-0.05, 0) is 24.3 Å². The van der Waals surface area contributed by atoms with Crippen LogP contribution in [0.2, 0.25) is 0 Å². The standard InChI is InChI=1S/C15H19N5O4/c16-14(17)10-1-3-11(4-2-10)20-8-7-19(15(20)24)9-12(21)18-6-5-13(22)23/h1-4H,5-9H2,(H3,16,17)(H,18,21)(H,22,23). The van der Waals surface area contributed by atoms with Crippen LogP contribution >= 0.6 is 0 Å². The topological polar surface area (TPSA) is 140 Å². The maximum atomic E-state index is 12.4. The Morgan fingerprint density at radius 2 is 1.92 bits per heavy atom. The first-order chi connectivity index (χ1) is 11.4. The van der Waals surface area contributed by atoms with Gasteiger partial charge >= 0.3 is 12.0 Å². The van der Waals surface area contributed by atoms with Crippen LogP contribution in [0.4, 0.5) is 10.5 Å².